The highest BCUT2D eigenvalue weighted by molar-refractivity contribution is 4.94. The molecule has 2 heteroatoms. The predicted octanol–water partition coefficient (Wildman–Crippen LogP) is 4.06. The van der Waals surface area contributed by atoms with Crippen molar-refractivity contribution >= 4 is 0 Å². The van der Waals surface area contributed by atoms with E-state index in [-0.39, 0.29) is 0 Å². The van der Waals surface area contributed by atoms with E-state index in [0.717, 1.165) is 24.5 Å². The van der Waals surface area contributed by atoms with E-state index < -0.39 is 0 Å². The zero-order chi connectivity index (χ0) is 14.6. The first-order valence-corrected chi connectivity index (χ1v) is 9.11. The molecule has 1 aliphatic heterocycles. The van der Waals surface area contributed by atoms with Crippen molar-refractivity contribution in [2.75, 3.05) is 19.6 Å². The molecule has 0 aromatic rings. The van der Waals surface area contributed by atoms with Gasteiger partial charge in [0.25, 0.3) is 0 Å². The minimum atomic E-state index is 0.657. The van der Waals surface area contributed by atoms with Crippen LogP contribution in [0.15, 0.2) is 0 Å². The number of nitrogens with zero attached hydrogens (tertiary/aromatic N) is 1. The van der Waals surface area contributed by atoms with E-state index in [2.05, 4.69) is 37.9 Å². The summed E-state index contributed by atoms with van der Waals surface area (Å²) in [6, 6.07) is 1.54. The summed E-state index contributed by atoms with van der Waals surface area (Å²) in [5, 5.41) is 3.76. The van der Waals surface area contributed by atoms with Crippen molar-refractivity contribution < 1.29 is 0 Å². The maximum absolute atomic E-state index is 3.76. The number of hydrogen-bond donors (Lipinski definition) is 1. The summed E-state index contributed by atoms with van der Waals surface area (Å²) in [5.74, 6) is 0.916. The van der Waals surface area contributed by atoms with Crippen LogP contribution >= 0.6 is 0 Å². The maximum Gasteiger partial charge on any atom is 0.0251 e. The standard InChI is InChI=1S/C18H36N2/c1-5-18(6-2)10-12-20(13-11-18)17-14-15(4)8-9-16(17)19-7-3/h15-17,19H,5-14H2,1-4H3. The zero-order valence-electron chi connectivity index (χ0n) is 14.3. The highest BCUT2D eigenvalue weighted by atomic mass is 15.2. The molecule has 3 atom stereocenters. The minimum absolute atomic E-state index is 0.657. The summed E-state index contributed by atoms with van der Waals surface area (Å²) in [6.07, 6.45) is 9.78. The predicted molar refractivity (Wildman–Crippen MR) is 88.1 cm³/mol. The van der Waals surface area contributed by atoms with Gasteiger partial charge >= 0.3 is 0 Å². The van der Waals surface area contributed by atoms with Crippen LogP contribution in [-0.2, 0) is 0 Å². The SMILES string of the molecule is CCNC1CCC(C)CC1N1CCC(CC)(CC)CC1. The van der Waals surface area contributed by atoms with Crippen molar-refractivity contribution in [1.82, 2.24) is 10.2 Å². The van der Waals surface area contributed by atoms with E-state index >= 15 is 0 Å². The van der Waals surface area contributed by atoms with Gasteiger partial charge in [-0.1, -0.05) is 40.5 Å². The molecular formula is C18H36N2. The molecule has 2 aliphatic rings. The van der Waals surface area contributed by atoms with E-state index in [4.69, 9.17) is 0 Å². The van der Waals surface area contributed by atoms with Crippen molar-refractivity contribution in [2.24, 2.45) is 11.3 Å². The van der Waals surface area contributed by atoms with Crippen LogP contribution in [0.4, 0.5) is 0 Å². The van der Waals surface area contributed by atoms with Gasteiger partial charge in [-0.05, 0) is 63.1 Å². The topological polar surface area (TPSA) is 15.3 Å². The summed E-state index contributed by atoms with van der Waals surface area (Å²) >= 11 is 0. The lowest BCUT2D eigenvalue weighted by molar-refractivity contribution is 0.0309. The molecule has 2 nitrogen and oxygen atoms in total. The summed E-state index contributed by atoms with van der Waals surface area (Å²) in [6.45, 7) is 13.3. The lowest BCUT2D eigenvalue weighted by Gasteiger charge is -2.48. The molecule has 1 heterocycles. The van der Waals surface area contributed by atoms with Gasteiger partial charge in [0.05, 0.1) is 0 Å². The number of nitrogens with one attached hydrogen (secondary N) is 1. The minimum Gasteiger partial charge on any atom is -0.313 e. The molecule has 118 valence electrons. The molecule has 0 spiro atoms. The van der Waals surface area contributed by atoms with Gasteiger partial charge in [0.15, 0.2) is 0 Å². The Labute approximate surface area is 126 Å². The average molecular weight is 280 g/mol. The Morgan fingerprint density at radius 1 is 1.05 bits per heavy atom. The summed E-state index contributed by atoms with van der Waals surface area (Å²) in [4.78, 5) is 2.83. The van der Waals surface area contributed by atoms with Gasteiger partial charge in [0, 0.05) is 12.1 Å². The monoisotopic (exact) mass is 280 g/mol. The number of likely N-dealkylation sites (N-methyl/N-ethyl adjacent to an activating group) is 1. The first-order valence-electron chi connectivity index (χ1n) is 9.11. The molecule has 2 rings (SSSR count). The Bertz CT molecular complexity index is 275. The quantitative estimate of drug-likeness (QED) is 0.817. The van der Waals surface area contributed by atoms with Gasteiger partial charge < -0.3 is 5.32 Å². The second-order valence-electron chi connectivity index (χ2n) is 7.39. The second kappa shape index (κ2) is 7.26. The van der Waals surface area contributed by atoms with E-state index in [1.54, 1.807) is 0 Å². The Morgan fingerprint density at radius 3 is 2.25 bits per heavy atom. The van der Waals surface area contributed by atoms with Crippen LogP contribution in [0, 0.1) is 11.3 Å². The highest BCUT2D eigenvalue weighted by Crippen LogP contribution is 2.40. The number of rotatable bonds is 5. The van der Waals surface area contributed by atoms with Gasteiger partial charge in [-0.25, -0.2) is 0 Å². The van der Waals surface area contributed by atoms with Crippen LogP contribution < -0.4 is 5.32 Å². The fraction of sp³-hybridized carbons (Fsp3) is 1.00. The van der Waals surface area contributed by atoms with Crippen molar-refractivity contribution in [3.05, 3.63) is 0 Å². The Kier molecular flexibility index (Phi) is 5.92. The average Bonchev–Trinajstić information content (AvgIpc) is 2.49. The Morgan fingerprint density at radius 2 is 1.70 bits per heavy atom. The van der Waals surface area contributed by atoms with Crippen LogP contribution in [-0.4, -0.2) is 36.6 Å². The van der Waals surface area contributed by atoms with Crippen molar-refractivity contribution in [1.29, 1.82) is 0 Å². The smallest absolute Gasteiger partial charge is 0.0251 e. The fourth-order valence-corrected chi connectivity index (χ4v) is 4.54. The molecular weight excluding hydrogens is 244 g/mol. The molecule has 0 amide bonds. The molecule has 0 radical (unpaired) electrons. The van der Waals surface area contributed by atoms with E-state index in [1.165, 1.54) is 58.0 Å². The molecule has 1 saturated heterocycles. The molecule has 20 heavy (non-hydrogen) atoms. The fourth-order valence-electron chi connectivity index (χ4n) is 4.54. The number of likely N-dealkylation sites (tertiary alicyclic amines) is 1. The molecule has 2 fully saturated rings. The zero-order valence-corrected chi connectivity index (χ0v) is 14.3. The third kappa shape index (κ3) is 3.57. The van der Waals surface area contributed by atoms with Gasteiger partial charge in [-0.15, -0.1) is 0 Å². The van der Waals surface area contributed by atoms with Gasteiger partial charge in [0.2, 0.25) is 0 Å². The van der Waals surface area contributed by atoms with Gasteiger partial charge in [-0.3, -0.25) is 4.90 Å². The van der Waals surface area contributed by atoms with E-state index in [1.807, 2.05) is 0 Å². The molecule has 1 saturated carbocycles. The normalized spacial score (nSPS) is 35.1. The Balaban J connectivity index is 1.96. The van der Waals surface area contributed by atoms with E-state index in [9.17, 15) is 0 Å². The summed E-state index contributed by atoms with van der Waals surface area (Å²) < 4.78 is 0. The largest absolute Gasteiger partial charge is 0.313 e. The van der Waals surface area contributed by atoms with Crippen LogP contribution in [0.1, 0.15) is 72.6 Å². The third-order valence-electron chi connectivity index (χ3n) is 6.37. The first-order chi connectivity index (χ1) is 9.64. The lowest BCUT2D eigenvalue weighted by atomic mass is 9.73. The third-order valence-corrected chi connectivity index (χ3v) is 6.37. The summed E-state index contributed by atoms with van der Waals surface area (Å²) in [5.41, 5.74) is 0.657. The number of hydrogen-bond acceptors (Lipinski definition) is 2. The maximum atomic E-state index is 3.76. The number of piperidine rings is 1. The van der Waals surface area contributed by atoms with Crippen molar-refractivity contribution in [2.45, 2.75) is 84.7 Å². The lowest BCUT2D eigenvalue weighted by Crippen LogP contribution is -2.56. The molecule has 0 bridgehead atoms. The molecule has 3 unspecified atom stereocenters. The molecule has 1 N–H and O–H groups in total. The van der Waals surface area contributed by atoms with Crippen LogP contribution in [0.2, 0.25) is 0 Å². The molecule has 0 aromatic heterocycles. The van der Waals surface area contributed by atoms with Crippen LogP contribution in [0.3, 0.4) is 0 Å². The Hall–Kier alpha value is -0.0800. The first kappa shape index (κ1) is 16.3. The summed E-state index contributed by atoms with van der Waals surface area (Å²) in [7, 11) is 0. The molecule has 0 aromatic carbocycles. The van der Waals surface area contributed by atoms with Gasteiger partial charge in [-0.2, -0.15) is 0 Å². The second-order valence-corrected chi connectivity index (χ2v) is 7.39. The van der Waals surface area contributed by atoms with E-state index in [0.29, 0.717) is 5.41 Å². The highest BCUT2D eigenvalue weighted by Gasteiger charge is 2.37. The van der Waals surface area contributed by atoms with Crippen LogP contribution in [0.5, 0.6) is 0 Å². The van der Waals surface area contributed by atoms with Crippen molar-refractivity contribution in [3.8, 4) is 0 Å². The van der Waals surface area contributed by atoms with Gasteiger partial charge in [0.1, 0.15) is 0 Å². The molecule has 1 aliphatic carbocycles. The van der Waals surface area contributed by atoms with Crippen molar-refractivity contribution in [3.63, 3.8) is 0 Å². The van der Waals surface area contributed by atoms with Crippen LogP contribution in [0.25, 0.3) is 0 Å².